The van der Waals surface area contributed by atoms with Gasteiger partial charge in [-0.05, 0) is 56.2 Å². The lowest BCUT2D eigenvalue weighted by atomic mass is 10.2. The number of nitrogens with one attached hydrogen (secondary N) is 1. The zero-order chi connectivity index (χ0) is 20.5. The average Bonchev–Trinajstić information content (AvgIpc) is 2.67. The topological polar surface area (TPSA) is 73.9 Å². The van der Waals surface area contributed by atoms with Crippen molar-refractivity contribution in [3.63, 3.8) is 0 Å². The van der Waals surface area contributed by atoms with E-state index in [0.717, 1.165) is 11.1 Å². The van der Waals surface area contributed by atoms with Gasteiger partial charge in [-0.2, -0.15) is 0 Å². The number of carbonyl (C=O) groups excluding carboxylic acids is 2. The molecule has 2 aromatic carbocycles. The van der Waals surface area contributed by atoms with Gasteiger partial charge < -0.3 is 19.5 Å². The van der Waals surface area contributed by atoms with Gasteiger partial charge in [-0.15, -0.1) is 0 Å². The maximum absolute atomic E-state index is 12.2. The molecule has 6 heteroatoms. The molecule has 2 aromatic rings. The Balaban J connectivity index is 1.88. The molecule has 0 spiro atoms. The number of allylic oxidation sites excluding steroid dienone is 1. The minimum absolute atomic E-state index is 0.332. The van der Waals surface area contributed by atoms with Gasteiger partial charge in [0.05, 0.1) is 7.11 Å². The summed E-state index contributed by atoms with van der Waals surface area (Å²) in [6.07, 6.45) is 2.89. The fourth-order valence-electron chi connectivity index (χ4n) is 2.49. The van der Waals surface area contributed by atoms with Crippen molar-refractivity contribution < 1.29 is 23.8 Å². The summed E-state index contributed by atoms with van der Waals surface area (Å²) in [6.45, 7) is 5.02. The van der Waals surface area contributed by atoms with E-state index in [1.807, 2.05) is 50.3 Å². The van der Waals surface area contributed by atoms with Gasteiger partial charge in [0.25, 0.3) is 5.91 Å². The van der Waals surface area contributed by atoms with Gasteiger partial charge in [0.15, 0.2) is 24.2 Å². The predicted octanol–water partition coefficient (Wildman–Crippen LogP) is 3.99. The number of hydrogen-bond donors (Lipinski definition) is 1. The first-order valence-corrected chi connectivity index (χ1v) is 8.93. The van der Waals surface area contributed by atoms with Gasteiger partial charge in [-0.1, -0.05) is 30.4 Å². The molecule has 0 aromatic heterocycles. The van der Waals surface area contributed by atoms with Crippen LogP contribution in [-0.4, -0.2) is 31.7 Å². The average molecular weight is 383 g/mol. The Labute approximate surface area is 165 Å². The molecule has 28 heavy (non-hydrogen) atoms. The number of anilines is 1. The second kappa shape index (κ2) is 10.2. The Hall–Kier alpha value is -3.28. The van der Waals surface area contributed by atoms with E-state index in [0.29, 0.717) is 17.2 Å². The van der Waals surface area contributed by atoms with Gasteiger partial charge in [0.1, 0.15) is 0 Å². The standard InChI is InChI=1S/C22H25NO5/c1-5-7-17-10-11-19(20(13-17)26-4)27-14-21(24)28-16(3)22(25)23-18-9-6-8-15(2)12-18/h5-13,16H,14H2,1-4H3,(H,23,25)/b7-5+/t16-/m1/s1. The van der Waals surface area contributed by atoms with Gasteiger partial charge in [0, 0.05) is 5.69 Å². The van der Waals surface area contributed by atoms with Crippen LogP contribution in [0.4, 0.5) is 5.69 Å². The smallest absolute Gasteiger partial charge is 0.344 e. The highest BCUT2D eigenvalue weighted by Gasteiger charge is 2.19. The van der Waals surface area contributed by atoms with Crippen LogP contribution < -0.4 is 14.8 Å². The van der Waals surface area contributed by atoms with Crippen LogP contribution >= 0.6 is 0 Å². The molecule has 1 atom stereocenters. The largest absolute Gasteiger partial charge is 0.493 e. The van der Waals surface area contributed by atoms with E-state index in [1.54, 1.807) is 18.2 Å². The summed E-state index contributed by atoms with van der Waals surface area (Å²) >= 11 is 0. The monoisotopic (exact) mass is 383 g/mol. The quantitative estimate of drug-likeness (QED) is 0.698. The van der Waals surface area contributed by atoms with Crippen LogP contribution in [0.25, 0.3) is 6.08 Å². The third-order valence-electron chi connectivity index (χ3n) is 3.86. The van der Waals surface area contributed by atoms with Crippen LogP contribution in [-0.2, 0) is 14.3 Å². The molecule has 0 aliphatic rings. The molecule has 148 valence electrons. The number of hydrogen-bond acceptors (Lipinski definition) is 5. The Bertz CT molecular complexity index is 860. The Kier molecular flexibility index (Phi) is 7.63. The minimum atomic E-state index is -0.949. The van der Waals surface area contributed by atoms with Crippen LogP contribution in [0.3, 0.4) is 0 Å². The predicted molar refractivity (Wildman–Crippen MR) is 109 cm³/mol. The molecule has 1 amide bonds. The molecule has 0 radical (unpaired) electrons. The lowest BCUT2D eigenvalue weighted by Gasteiger charge is -2.15. The second-order valence-corrected chi connectivity index (χ2v) is 6.19. The molecule has 0 bridgehead atoms. The summed E-state index contributed by atoms with van der Waals surface area (Å²) < 4.78 is 15.9. The summed E-state index contributed by atoms with van der Waals surface area (Å²) in [5.74, 6) is -0.128. The van der Waals surface area contributed by atoms with Gasteiger partial charge in [0.2, 0.25) is 0 Å². The fourth-order valence-corrected chi connectivity index (χ4v) is 2.49. The number of rotatable bonds is 8. The molecular formula is C22H25NO5. The number of aryl methyl sites for hydroxylation is 1. The van der Waals surface area contributed by atoms with Crippen LogP contribution in [0.2, 0.25) is 0 Å². The zero-order valence-electron chi connectivity index (χ0n) is 16.5. The Morgan fingerprint density at radius 3 is 2.61 bits per heavy atom. The van der Waals surface area contributed by atoms with Crippen molar-refractivity contribution in [1.82, 2.24) is 0 Å². The molecule has 1 N–H and O–H groups in total. The van der Waals surface area contributed by atoms with Crippen LogP contribution in [0.1, 0.15) is 25.0 Å². The first kappa shape index (κ1) is 21.0. The maximum atomic E-state index is 12.2. The molecule has 0 aliphatic heterocycles. The minimum Gasteiger partial charge on any atom is -0.493 e. The number of ether oxygens (including phenoxy) is 3. The summed E-state index contributed by atoms with van der Waals surface area (Å²) in [5, 5.41) is 2.71. The third kappa shape index (κ3) is 6.16. The van der Waals surface area contributed by atoms with E-state index in [9.17, 15) is 9.59 Å². The van der Waals surface area contributed by atoms with Crippen LogP contribution in [0, 0.1) is 6.92 Å². The normalized spacial score (nSPS) is 11.7. The van der Waals surface area contributed by atoms with E-state index < -0.39 is 18.0 Å². The second-order valence-electron chi connectivity index (χ2n) is 6.19. The molecular weight excluding hydrogens is 358 g/mol. The third-order valence-corrected chi connectivity index (χ3v) is 3.86. The fraction of sp³-hybridized carbons (Fsp3) is 0.273. The number of methoxy groups -OCH3 is 1. The van der Waals surface area contributed by atoms with E-state index in [1.165, 1.54) is 14.0 Å². The Morgan fingerprint density at radius 1 is 1.14 bits per heavy atom. The van der Waals surface area contributed by atoms with E-state index in [4.69, 9.17) is 14.2 Å². The lowest BCUT2D eigenvalue weighted by Crippen LogP contribution is -2.31. The maximum Gasteiger partial charge on any atom is 0.344 e. The highest BCUT2D eigenvalue weighted by Crippen LogP contribution is 2.28. The number of carbonyl (C=O) groups is 2. The first-order valence-electron chi connectivity index (χ1n) is 8.93. The van der Waals surface area contributed by atoms with Gasteiger partial charge in [-0.25, -0.2) is 4.79 Å². The van der Waals surface area contributed by atoms with Crippen LogP contribution in [0.15, 0.2) is 48.5 Å². The molecule has 0 saturated carbocycles. The zero-order valence-corrected chi connectivity index (χ0v) is 16.5. The van der Waals surface area contributed by atoms with Crippen molar-refractivity contribution >= 4 is 23.6 Å². The molecule has 0 saturated heterocycles. The summed E-state index contributed by atoms with van der Waals surface area (Å²) in [7, 11) is 1.53. The molecule has 0 heterocycles. The molecule has 0 fully saturated rings. The highest BCUT2D eigenvalue weighted by molar-refractivity contribution is 5.95. The summed E-state index contributed by atoms with van der Waals surface area (Å²) in [6, 6.07) is 12.7. The van der Waals surface area contributed by atoms with Gasteiger partial charge in [-0.3, -0.25) is 4.79 Å². The number of amides is 1. The SMILES string of the molecule is C/C=C/c1ccc(OCC(=O)O[C@H](C)C(=O)Nc2cccc(C)c2)c(OC)c1. The van der Waals surface area contributed by atoms with Crippen molar-refractivity contribution in [3.05, 3.63) is 59.7 Å². The number of benzene rings is 2. The molecule has 6 nitrogen and oxygen atoms in total. The van der Waals surface area contributed by atoms with Crippen molar-refractivity contribution in [2.75, 3.05) is 19.0 Å². The molecule has 0 aliphatic carbocycles. The van der Waals surface area contributed by atoms with Gasteiger partial charge >= 0.3 is 5.97 Å². The van der Waals surface area contributed by atoms with E-state index >= 15 is 0 Å². The van der Waals surface area contributed by atoms with Crippen molar-refractivity contribution in [2.45, 2.75) is 26.9 Å². The Morgan fingerprint density at radius 2 is 1.93 bits per heavy atom. The van der Waals surface area contributed by atoms with E-state index in [-0.39, 0.29) is 6.61 Å². The summed E-state index contributed by atoms with van der Waals surface area (Å²) in [5.41, 5.74) is 2.62. The van der Waals surface area contributed by atoms with Crippen LogP contribution in [0.5, 0.6) is 11.5 Å². The molecule has 2 rings (SSSR count). The van der Waals surface area contributed by atoms with Crippen molar-refractivity contribution in [1.29, 1.82) is 0 Å². The lowest BCUT2D eigenvalue weighted by molar-refractivity contribution is -0.155. The van der Waals surface area contributed by atoms with E-state index in [2.05, 4.69) is 5.32 Å². The first-order chi connectivity index (χ1) is 13.4. The summed E-state index contributed by atoms with van der Waals surface area (Å²) in [4.78, 5) is 24.2. The van der Waals surface area contributed by atoms with Crippen molar-refractivity contribution in [2.24, 2.45) is 0 Å². The molecule has 0 unspecified atom stereocenters. The van der Waals surface area contributed by atoms with Crippen molar-refractivity contribution in [3.8, 4) is 11.5 Å². The highest BCUT2D eigenvalue weighted by atomic mass is 16.6. The number of esters is 1.